The molecule has 0 amide bonds. The molecular weight excluding hydrogens is 214 g/mol. The highest BCUT2D eigenvalue weighted by Gasteiger charge is 2.06. The number of nitrogens with one attached hydrogen (secondary N) is 1. The Morgan fingerprint density at radius 1 is 1.00 bits per heavy atom. The molecule has 0 unspecified atom stereocenters. The highest BCUT2D eigenvalue weighted by molar-refractivity contribution is 5.90. The Bertz CT molecular complexity index is 719. The van der Waals surface area contributed by atoms with Gasteiger partial charge in [0.15, 0.2) is 0 Å². The van der Waals surface area contributed by atoms with Crippen LogP contribution in [0.2, 0.25) is 0 Å². The summed E-state index contributed by atoms with van der Waals surface area (Å²) in [6, 6.07) is 12.9. The van der Waals surface area contributed by atoms with Gasteiger partial charge in [-0.1, -0.05) is 30.3 Å². The molecular formula is C13H9N3O. The fraction of sp³-hybridized carbons (Fsp3) is 0. The number of hydrogen-bond donors (Lipinski definition) is 1. The zero-order chi connectivity index (χ0) is 11.7. The predicted molar refractivity (Wildman–Crippen MR) is 65.6 cm³/mol. The van der Waals surface area contributed by atoms with Crippen LogP contribution in [0.1, 0.15) is 0 Å². The summed E-state index contributed by atoms with van der Waals surface area (Å²) in [5, 5.41) is 8.92. The van der Waals surface area contributed by atoms with Crippen LogP contribution in [-0.4, -0.2) is 15.2 Å². The van der Waals surface area contributed by atoms with Gasteiger partial charge in [-0.3, -0.25) is 4.79 Å². The number of nitrogens with zero attached hydrogens (tertiary/aromatic N) is 2. The molecule has 17 heavy (non-hydrogen) atoms. The number of aromatic nitrogens is 3. The van der Waals surface area contributed by atoms with Crippen molar-refractivity contribution in [3.8, 4) is 11.3 Å². The van der Waals surface area contributed by atoms with E-state index in [1.54, 1.807) is 12.3 Å². The largest absolute Gasteiger partial charge is 0.320 e. The van der Waals surface area contributed by atoms with E-state index in [1.165, 1.54) is 6.07 Å². The summed E-state index contributed by atoms with van der Waals surface area (Å²) >= 11 is 0. The molecule has 3 rings (SSSR count). The van der Waals surface area contributed by atoms with E-state index in [0.29, 0.717) is 5.69 Å². The Labute approximate surface area is 97.0 Å². The molecule has 1 N–H and O–H groups in total. The summed E-state index contributed by atoms with van der Waals surface area (Å²) in [6.07, 6.45) is 1.64. The number of H-pyrrole nitrogens is 1. The summed E-state index contributed by atoms with van der Waals surface area (Å²) in [5.41, 5.74) is 2.22. The third-order valence-electron chi connectivity index (χ3n) is 2.59. The van der Waals surface area contributed by atoms with E-state index in [2.05, 4.69) is 15.2 Å². The normalized spacial score (nSPS) is 10.6. The quantitative estimate of drug-likeness (QED) is 0.686. The van der Waals surface area contributed by atoms with Crippen molar-refractivity contribution in [3.05, 3.63) is 59.0 Å². The van der Waals surface area contributed by atoms with Gasteiger partial charge >= 0.3 is 0 Å². The van der Waals surface area contributed by atoms with Gasteiger partial charge in [-0.2, -0.15) is 5.10 Å². The van der Waals surface area contributed by atoms with Crippen LogP contribution in [0.25, 0.3) is 22.2 Å². The third kappa shape index (κ3) is 1.69. The van der Waals surface area contributed by atoms with E-state index >= 15 is 0 Å². The molecule has 0 aliphatic carbocycles. The standard InChI is InChI=1S/C13H9N3O/c17-11-7-6-10-8-14-16-13(12(10)15-11)9-4-2-1-3-5-9/h1-8H,(H,15,17). The SMILES string of the molecule is O=c1ccc2cnnc(-c3ccccc3)c2[nH]1. The van der Waals surface area contributed by atoms with Crippen molar-refractivity contribution in [3.63, 3.8) is 0 Å². The highest BCUT2D eigenvalue weighted by Crippen LogP contribution is 2.22. The molecule has 0 bridgehead atoms. The summed E-state index contributed by atoms with van der Waals surface area (Å²) in [7, 11) is 0. The molecule has 0 atom stereocenters. The van der Waals surface area contributed by atoms with Crippen molar-refractivity contribution in [2.45, 2.75) is 0 Å². The average Bonchev–Trinajstić information content (AvgIpc) is 2.39. The van der Waals surface area contributed by atoms with Crippen molar-refractivity contribution in [1.82, 2.24) is 15.2 Å². The topological polar surface area (TPSA) is 58.6 Å². The Hall–Kier alpha value is -2.49. The Morgan fingerprint density at radius 2 is 1.82 bits per heavy atom. The summed E-state index contributed by atoms with van der Waals surface area (Å²) < 4.78 is 0. The zero-order valence-electron chi connectivity index (χ0n) is 8.92. The molecule has 2 heterocycles. The number of rotatable bonds is 1. The number of fused-ring (bicyclic) bond motifs is 1. The summed E-state index contributed by atoms with van der Waals surface area (Å²) in [6.45, 7) is 0. The Morgan fingerprint density at radius 3 is 2.65 bits per heavy atom. The number of pyridine rings is 1. The Kier molecular flexibility index (Phi) is 2.19. The van der Waals surface area contributed by atoms with E-state index in [-0.39, 0.29) is 5.56 Å². The first-order valence-corrected chi connectivity index (χ1v) is 5.25. The van der Waals surface area contributed by atoms with E-state index in [1.807, 2.05) is 30.3 Å². The highest BCUT2D eigenvalue weighted by atomic mass is 16.1. The van der Waals surface area contributed by atoms with Gasteiger partial charge in [-0.05, 0) is 6.07 Å². The first-order chi connectivity index (χ1) is 8.34. The van der Waals surface area contributed by atoms with Gasteiger partial charge < -0.3 is 4.98 Å². The van der Waals surface area contributed by atoms with Gasteiger partial charge in [0.25, 0.3) is 0 Å². The van der Waals surface area contributed by atoms with E-state index in [9.17, 15) is 4.79 Å². The second-order valence-electron chi connectivity index (χ2n) is 3.71. The van der Waals surface area contributed by atoms with E-state index < -0.39 is 0 Å². The average molecular weight is 223 g/mol. The fourth-order valence-electron chi connectivity index (χ4n) is 1.79. The van der Waals surface area contributed by atoms with Crippen LogP contribution in [-0.2, 0) is 0 Å². The lowest BCUT2D eigenvalue weighted by atomic mass is 10.1. The molecule has 0 spiro atoms. The predicted octanol–water partition coefficient (Wildman–Crippen LogP) is 1.99. The zero-order valence-corrected chi connectivity index (χ0v) is 8.92. The maximum Gasteiger partial charge on any atom is 0.248 e. The first-order valence-electron chi connectivity index (χ1n) is 5.25. The van der Waals surface area contributed by atoms with Crippen LogP contribution in [0.4, 0.5) is 0 Å². The monoisotopic (exact) mass is 223 g/mol. The van der Waals surface area contributed by atoms with Gasteiger partial charge in [-0.25, -0.2) is 0 Å². The van der Waals surface area contributed by atoms with Crippen molar-refractivity contribution >= 4 is 10.9 Å². The molecule has 0 saturated carbocycles. The van der Waals surface area contributed by atoms with E-state index in [4.69, 9.17) is 0 Å². The van der Waals surface area contributed by atoms with Crippen molar-refractivity contribution in [2.24, 2.45) is 0 Å². The van der Waals surface area contributed by atoms with Crippen molar-refractivity contribution < 1.29 is 0 Å². The first kappa shape index (κ1) is 9.72. The van der Waals surface area contributed by atoms with Crippen LogP contribution in [0.5, 0.6) is 0 Å². The summed E-state index contributed by atoms with van der Waals surface area (Å²) in [5.74, 6) is 0. The molecule has 0 saturated heterocycles. The van der Waals surface area contributed by atoms with Gasteiger partial charge in [0.2, 0.25) is 5.56 Å². The molecule has 1 aromatic carbocycles. The molecule has 3 aromatic rings. The number of benzene rings is 1. The lowest BCUT2D eigenvalue weighted by Gasteiger charge is -2.03. The lowest BCUT2D eigenvalue weighted by Crippen LogP contribution is -2.04. The second kappa shape index (κ2) is 3.83. The van der Waals surface area contributed by atoms with Crippen LogP contribution in [0.15, 0.2) is 53.5 Å². The molecule has 4 heteroatoms. The van der Waals surface area contributed by atoms with Gasteiger partial charge in [0, 0.05) is 17.0 Å². The molecule has 4 nitrogen and oxygen atoms in total. The molecule has 2 aromatic heterocycles. The Balaban J connectivity index is 2.37. The summed E-state index contributed by atoms with van der Waals surface area (Å²) in [4.78, 5) is 14.2. The van der Waals surface area contributed by atoms with Crippen molar-refractivity contribution in [1.29, 1.82) is 0 Å². The molecule has 0 fully saturated rings. The van der Waals surface area contributed by atoms with Gasteiger partial charge in [0.1, 0.15) is 5.69 Å². The smallest absolute Gasteiger partial charge is 0.248 e. The molecule has 82 valence electrons. The maximum atomic E-state index is 11.4. The van der Waals surface area contributed by atoms with Crippen molar-refractivity contribution in [2.75, 3.05) is 0 Å². The minimum Gasteiger partial charge on any atom is -0.320 e. The van der Waals surface area contributed by atoms with Crippen LogP contribution < -0.4 is 5.56 Å². The van der Waals surface area contributed by atoms with Gasteiger partial charge in [0.05, 0.1) is 11.7 Å². The third-order valence-corrected chi connectivity index (χ3v) is 2.59. The fourth-order valence-corrected chi connectivity index (χ4v) is 1.79. The number of hydrogen-bond acceptors (Lipinski definition) is 3. The minimum atomic E-state index is -0.136. The van der Waals surface area contributed by atoms with Crippen LogP contribution in [0, 0.1) is 0 Å². The van der Waals surface area contributed by atoms with E-state index in [0.717, 1.165) is 16.5 Å². The van der Waals surface area contributed by atoms with Crippen LogP contribution in [0.3, 0.4) is 0 Å². The lowest BCUT2D eigenvalue weighted by molar-refractivity contribution is 1.05. The second-order valence-corrected chi connectivity index (χ2v) is 3.71. The number of aromatic amines is 1. The van der Waals surface area contributed by atoms with Gasteiger partial charge in [-0.15, -0.1) is 5.10 Å². The molecule has 0 radical (unpaired) electrons. The molecule has 0 aliphatic rings. The maximum absolute atomic E-state index is 11.4. The minimum absolute atomic E-state index is 0.136. The van der Waals surface area contributed by atoms with Crippen LogP contribution >= 0.6 is 0 Å². The molecule has 0 aliphatic heterocycles.